The van der Waals surface area contributed by atoms with Crippen molar-refractivity contribution in [3.05, 3.63) is 15.6 Å². The van der Waals surface area contributed by atoms with Crippen LogP contribution in [0, 0.1) is 0 Å². The third-order valence-corrected chi connectivity index (χ3v) is 4.54. The van der Waals surface area contributed by atoms with Crippen molar-refractivity contribution in [2.75, 3.05) is 6.61 Å². The lowest BCUT2D eigenvalue weighted by Crippen LogP contribution is -2.15. The van der Waals surface area contributed by atoms with Gasteiger partial charge in [0.25, 0.3) is 0 Å². The zero-order valence-electron chi connectivity index (χ0n) is 8.74. The standard InChI is InChI=1S/C11H16N2OS/c12-7-3-1-4-8-10(7)15-11(13-8)9-5-2-6-14-9/h7,9H,1-6,12H2. The first-order chi connectivity index (χ1) is 7.34. The molecule has 4 heteroatoms. The average Bonchev–Trinajstić information content (AvgIpc) is 2.86. The summed E-state index contributed by atoms with van der Waals surface area (Å²) in [4.78, 5) is 6.01. The lowest BCUT2D eigenvalue weighted by Gasteiger charge is -2.15. The Morgan fingerprint density at radius 2 is 2.27 bits per heavy atom. The molecular weight excluding hydrogens is 208 g/mol. The topological polar surface area (TPSA) is 48.1 Å². The maximum absolute atomic E-state index is 6.09. The second-order valence-electron chi connectivity index (χ2n) is 4.36. The monoisotopic (exact) mass is 224 g/mol. The molecule has 0 spiro atoms. The highest BCUT2D eigenvalue weighted by Gasteiger charge is 2.26. The van der Waals surface area contributed by atoms with Crippen molar-refractivity contribution in [2.24, 2.45) is 5.73 Å². The third-order valence-electron chi connectivity index (χ3n) is 3.21. The zero-order chi connectivity index (χ0) is 10.3. The molecule has 0 radical (unpaired) electrons. The number of ether oxygens (including phenoxy) is 1. The number of nitrogens with two attached hydrogens (primary N) is 1. The van der Waals surface area contributed by atoms with E-state index in [-0.39, 0.29) is 12.1 Å². The summed E-state index contributed by atoms with van der Waals surface area (Å²) in [7, 11) is 0. The van der Waals surface area contributed by atoms with Crippen LogP contribution in [0.5, 0.6) is 0 Å². The van der Waals surface area contributed by atoms with Crippen molar-refractivity contribution in [3.63, 3.8) is 0 Å². The summed E-state index contributed by atoms with van der Waals surface area (Å²) in [5.74, 6) is 0. The highest BCUT2D eigenvalue weighted by atomic mass is 32.1. The van der Waals surface area contributed by atoms with E-state index >= 15 is 0 Å². The maximum atomic E-state index is 6.09. The van der Waals surface area contributed by atoms with E-state index in [2.05, 4.69) is 0 Å². The fourth-order valence-electron chi connectivity index (χ4n) is 2.38. The van der Waals surface area contributed by atoms with Gasteiger partial charge in [-0.3, -0.25) is 0 Å². The Bertz CT molecular complexity index is 357. The number of aryl methyl sites for hydroxylation is 1. The molecule has 82 valence electrons. The summed E-state index contributed by atoms with van der Waals surface area (Å²) < 4.78 is 5.66. The van der Waals surface area contributed by atoms with Gasteiger partial charge in [0.15, 0.2) is 0 Å². The zero-order valence-corrected chi connectivity index (χ0v) is 9.55. The molecule has 3 nitrogen and oxygen atoms in total. The predicted molar refractivity (Wildman–Crippen MR) is 59.9 cm³/mol. The molecule has 1 aliphatic carbocycles. The Kier molecular flexibility index (Phi) is 2.50. The smallest absolute Gasteiger partial charge is 0.122 e. The summed E-state index contributed by atoms with van der Waals surface area (Å²) in [5.41, 5.74) is 7.33. The van der Waals surface area contributed by atoms with Gasteiger partial charge in [-0.05, 0) is 32.1 Å². The van der Waals surface area contributed by atoms with E-state index in [1.807, 2.05) is 0 Å². The van der Waals surface area contributed by atoms with Gasteiger partial charge in [0.2, 0.25) is 0 Å². The van der Waals surface area contributed by atoms with E-state index in [1.165, 1.54) is 23.4 Å². The van der Waals surface area contributed by atoms with Gasteiger partial charge in [0.1, 0.15) is 11.1 Å². The number of hydrogen-bond acceptors (Lipinski definition) is 4. The van der Waals surface area contributed by atoms with Crippen LogP contribution in [0.25, 0.3) is 0 Å². The van der Waals surface area contributed by atoms with Crippen LogP contribution in [0.15, 0.2) is 0 Å². The van der Waals surface area contributed by atoms with Crippen LogP contribution < -0.4 is 5.73 Å². The fraction of sp³-hybridized carbons (Fsp3) is 0.727. The molecule has 1 fully saturated rings. The minimum absolute atomic E-state index is 0.224. The van der Waals surface area contributed by atoms with E-state index in [0.717, 1.165) is 30.9 Å². The van der Waals surface area contributed by atoms with E-state index in [9.17, 15) is 0 Å². The minimum atomic E-state index is 0.224. The lowest BCUT2D eigenvalue weighted by molar-refractivity contribution is 0.111. The van der Waals surface area contributed by atoms with Crippen LogP contribution >= 0.6 is 11.3 Å². The van der Waals surface area contributed by atoms with Crippen LogP contribution in [-0.2, 0) is 11.2 Å². The number of rotatable bonds is 1. The Labute approximate surface area is 93.7 Å². The molecule has 1 aliphatic heterocycles. The molecule has 2 heterocycles. The molecule has 0 amide bonds. The number of aromatic nitrogens is 1. The summed E-state index contributed by atoms with van der Waals surface area (Å²) in [6, 6.07) is 0.224. The second kappa shape index (κ2) is 3.85. The van der Waals surface area contributed by atoms with Crippen LogP contribution in [-0.4, -0.2) is 11.6 Å². The van der Waals surface area contributed by atoms with Gasteiger partial charge in [0.05, 0.1) is 5.69 Å². The molecule has 2 unspecified atom stereocenters. The molecule has 0 aromatic carbocycles. The van der Waals surface area contributed by atoms with Crippen molar-refractivity contribution in [2.45, 2.75) is 44.2 Å². The van der Waals surface area contributed by atoms with E-state index in [0.29, 0.717) is 0 Å². The van der Waals surface area contributed by atoms with Crippen molar-refractivity contribution in [3.8, 4) is 0 Å². The number of thiazole rings is 1. The first-order valence-electron chi connectivity index (χ1n) is 5.71. The van der Waals surface area contributed by atoms with E-state index < -0.39 is 0 Å². The highest BCUT2D eigenvalue weighted by Crippen LogP contribution is 2.38. The van der Waals surface area contributed by atoms with E-state index in [1.54, 1.807) is 11.3 Å². The molecule has 1 saturated heterocycles. The normalized spacial score (nSPS) is 30.5. The SMILES string of the molecule is NC1CCCc2nc(C3CCCO3)sc21. The minimum Gasteiger partial charge on any atom is -0.371 e. The molecule has 15 heavy (non-hydrogen) atoms. The Hall–Kier alpha value is -0.450. The van der Waals surface area contributed by atoms with Crippen molar-refractivity contribution in [1.82, 2.24) is 4.98 Å². The van der Waals surface area contributed by atoms with Crippen LogP contribution in [0.2, 0.25) is 0 Å². The highest BCUT2D eigenvalue weighted by molar-refractivity contribution is 7.11. The molecule has 2 atom stereocenters. The molecule has 2 N–H and O–H groups in total. The van der Waals surface area contributed by atoms with Gasteiger partial charge in [-0.15, -0.1) is 11.3 Å². The van der Waals surface area contributed by atoms with Crippen LogP contribution in [0.4, 0.5) is 0 Å². The van der Waals surface area contributed by atoms with Gasteiger partial charge in [0, 0.05) is 17.5 Å². The quantitative estimate of drug-likeness (QED) is 0.796. The summed E-state index contributed by atoms with van der Waals surface area (Å²) in [6.45, 7) is 0.890. The Morgan fingerprint density at radius 3 is 3.00 bits per heavy atom. The molecule has 1 aromatic rings. The number of nitrogens with zero attached hydrogens (tertiary/aromatic N) is 1. The van der Waals surface area contributed by atoms with Crippen molar-refractivity contribution < 1.29 is 4.74 Å². The first-order valence-corrected chi connectivity index (χ1v) is 6.53. The Morgan fingerprint density at radius 1 is 1.33 bits per heavy atom. The summed E-state index contributed by atoms with van der Waals surface area (Å²) in [5, 5.41) is 1.16. The summed E-state index contributed by atoms with van der Waals surface area (Å²) in [6.07, 6.45) is 5.95. The molecule has 1 aromatic heterocycles. The van der Waals surface area contributed by atoms with Gasteiger partial charge in [-0.2, -0.15) is 0 Å². The third kappa shape index (κ3) is 1.71. The van der Waals surface area contributed by atoms with Gasteiger partial charge in [-0.25, -0.2) is 4.98 Å². The molecule has 2 aliphatic rings. The Balaban J connectivity index is 1.90. The largest absolute Gasteiger partial charge is 0.371 e. The predicted octanol–water partition coefficient (Wildman–Crippen LogP) is 2.33. The molecule has 3 rings (SSSR count). The maximum Gasteiger partial charge on any atom is 0.122 e. The lowest BCUT2D eigenvalue weighted by atomic mass is 9.99. The number of hydrogen-bond donors (Lipinski definition) is 1. The van der Waals surface area contributed by atoms with E-state index in [4.69, 9.17) is 15.5 Å². The van der Waals surface area contributed by atoms with Gasteiger partial charge in [-0.1, -0.05) is 0 Å². The van der Waals surface area contributed by atoms with Gasteiger partial charge >= 0.3 is 0 Å². The second-order valence-corrected chi connectivity index (χ2v) is 5.43. The summed E-state index contributed by atoms with van der Waals surface area (Å²) >= 11 is 1.78. The molecular formula is C11H16N2OS. The van der Waals surface area contributed by atoms with Crippen LogP contribution in [0.1, 0.15) is 53.4 Å². The molecule has 0 saturated carbocycles. The fourth-order valence-corrected chi connectivity index (χ4v) is 3.62. The first kappa shape index (κ1) is 9.75. The van der Waals surface area contributed by atoms with Gasteiger partial charge < -0.3 is 10.5 Å². The van der Waals surface area contributed by atoms with Crippen LogP contribution in [0.3, 0.4) is 0 Å². The van der Waals surface area contributed by atoms with Crippen molar-refractivity contribution in [1.29, 1.82) is 0 Å². The molecule has 0 bridgehead atoms. The average molecular weight is 224 g/mol. The van der Waals surface area contributed by atoms with Crippen molar-refractivity contribution >= 4 is 11.3 Å². The number of fused-ring (bicyclic) bond motifs is 1.